The molecule has 0 radical (unpaired) electrons. The molecule has 1 fully saturated rings. The highest BCUT2D eigenvalue weighted by molar-refractivity contribution is 6.31. The predicted molar refractivity (Wildman–Crippen MR) is 124 cm³/mol. The van der Waals surface area contributed by atoms with E-state index in [9.17, 15) is 9.59 Å². The molecule has 3 aromatic rings. The fourth-order valence-electron chi connectivity index (χ4n) is 3.88. The van der Waals surface area contributed by atoms with Crippen LogP contribution in [-0.4, -0.2) is 53.0 Å². The number of carbonyl (C=O) groups is 1. The summed E-state index contributed by atoms with van der Waals surface area (Å²) in [5, 5.41) is 0.609. The van der Waals surface area contributed by atoms with Gasteiger partial charge in [0.05, 0.1) is 12.1 Å². The second-order valence-electron chi connectivity index (χ2n) is 7.84. The van der Waals surface area contributed by atoms with Crippen molar-refractivity contribution in [2.75, 3.05) is 32.7 Å². The number of pyridine rings is 1. The van der Waals surface area contributed by atoms with E-state index in [1.807, 2.05) is 29.2 Å². The van der Waals surface area contributed by atoms with Crippen molar-refractivity contribution in [2.45, 2.75) is 13.0 Å². The first kappa shape index (κ1) is 21.3. The molecule has 4 rings (SSSR count). The molecule has 1 saturated heterocycles. The Morgan fingerprint density at radius 3 is 2.32 bits per heavy atom. The molecule has 0 aliphatic carbocycles. The summed E-state index contributed by atoms with van der Waals surface area (Å²) in [6.07, 6.45) is 2.66. The second kappa shape index (κ2) is 9.94. The number of nitrogens with zero attached hydrogens (tertiary/aromatic N) is 3. The average molecular weight is 436 g/mol. The lowest BCUT2D eigenvalue weighted by atomic mass is 10.1. The molecule has 6 heteroatoms. The second-order valence-corrected chi connectivity index (χ2v) is 8.25. The summed E-state index contributed by atoms with van der Waals surface area (Å²) >= 11 is 6.23. The van der Waals surface area contributed by atoms with Crippen molar-refractivity contribution >= 4 is 17.5 Å². The van der Waals surface area contributed by atoms with Gasteiger partial charge in [-0.25, -0.2) is 0 Å². The maximum Gasteiger partial charge on any atom is 0.255 e. The summed E-state index contributed by atoms with van der Waals surface area (Å²) in [6.45, 7) is 4.44. The van der Waals surface area contributed by atoms with Crippen LogP contribution in [0.5, 0.6) is 0 Å². The van der Waals surface area contributed by atoms with Gasteiger partial charge < -0.3 is 9.47 Å². The molecule has 160 valence electrons. The Kier molecular flexibility index (Phi) is 6.85. The van der Waals surface area contributed by atoms with Crippen LogP contribution in [0.2, 0.25) is 5.02 Å². The van der Waals surface area contributed by atoms with Crippen LogP contribution in [0.3, 0.4) is 0 Å². The highest BCUT2D eigenvalue weighted by Crippen LogP contribution is 2.16. The zero-order valence-electron chi connectivity index (χ0n) is 17.4. The maximum absolute atomic E-state index is 13.0. The average Bonchev–Trinajstić information content (AvgIpc) is 2.81. The number of hydrogen-bond acceptors (Lipinski definition) is 3. The maximum atomic E-state index is 13.0. The number of piperazine rings is 1. The fourth-order valence-corrected chi connectivity index (χ4v) is 4.08. The number of halogens is 1. The molecule has 5 nitrogen and oxygen atoms in total. The first-order valence-electron chi connectivity index (χ1n) is 10.6. The molecule has 2 heterocycles. The number of aromatic nitrogens is 1. The summed E-state index contributed by atoms with van der Waals surface area (Å²) < 4.78 is 1.55. The van der Waals surface area contributed by atoms with Crippen LogP contribution in [0, 0.1) is 0 Å². The highest BCUT2D eigenvalue weighted by atomic mass is 35.5. The van der Waals surface area contributed by atoms with Gasteiger partial charge in [-0.15, -0.1) is 0 Å². The lowest BCUT2D eigenvalue weighted by Crippen LogP contribution is -2.49. The summed E-state index contributed by atoms with van der Waals surface area (Å²) in [4.78, 5) is 29.6. The monoisotopic (exact) mass is 435 g/mol. The van der Waals surface area contributed by atoms with E-state index < -0.39 is 0 Å². The molecule has 1 aromatic heterocycles. The summed E-state index contributed by atoms with van der Waals surface area (Å²) in [5.74, 6) is -0.0318. The lowest BCUT2D eigenvalue weighted by Gasteiger charge is -2.34. The summed E-state index contributed by atoms with van der Waals surface area (Å²) in [5.41, 5.74) is 2.57. The first-order chi connectivity index (χ1) is 15.1. The van der Waals surface area contributed by atoms with Crippen LogP contribution in [0.1, 0.15) is 21.5 Å². The number of amides is 1. The van der Waals surface area contributed by atoms with E-state index in [4.69, 9.17) is 11.6 Å². The van der Waals surface area contributed by atoms with Gasteiger partial charge in [0.1, 0.15) is 0 Å². The molecule has 31 heavy (non-hydrogen) atoms. The Morgan fingerprint density at radius 1 is 0.871 bits per heavy atom. The van der Waals surface area contributed by atoms with Gasteiger partial charge in [0.25, 0.3) is 11.5 Å². The van der Waals surface area contributed by atoms with Crippen molar-refractivity contribution in [1.29, 1.82) is 0 Å². The number of rotatable bonds is 6. The van der Waals surface area contributed by atoms with E-state index in [2.05, 4.69) is 29.2 Å². The molecule has 0 spiro atoms. The SMILES string of the molecule is O=C(c1ccc(=O)n(Cc2ccccc2Cl)c1)N1CCN(CCc2ccccc2)CC1. The lowest BCUT2D eigenvalue weighted by molar-refractivity contribution is 0.0637. The Balaban J connectivity index is 1.36. The standard InChI is InChI=1S/C25H26ClN3O2/c26-23-9-5-4-8-21(23)18-29-19-22(10-11-24(29)30)25(31)28-16-14-27(15-17-28)13-12-20-6-2-1-3-7-20/h1-11,19H,12-18H2. The van der Waals surface area contributed by atoms with Gasteiger partial charge in [-0.3, -0.25) is 14.5 Å². The molecule has 0 atom stereocenters. The van der Waals surface area contributed by atoms with Gasteiger partial charge in [0.15, 0.2) is 0 Å². The van der Waals surface area contributed by atoms with Crippen molar-refractivity contribution in [3.05, 3.63) is 105 Å². The third-order valence-corrected chi connectivity index (χ3v) is 6.12. The van der Waals surface area contributed by atoms with Gasteiger partial charge >= 0.3 is 0 Å². The Morgan fingerprint density at radius 2 is 1.58 bits per heavy atom. The van der Waals surface area contributed by atoms with E-state index in [1.54, 1.807) is 22.9 Å². The quantitative estimate of drug-likeness (QED) is 0.594. The van der Waals surface area contributed by atoms with Gasteiger partial charge in [0.2, 0.25) is 0 Å². The van der Waals surface area contributed by atoms with Crippen LogP contribution in [0.15, 0.2) is 77.7 Å². The zero-order valence-corrected chi connectivity index (χ0v) is 18.2. The Labute approximate surface area is 187 Å². The Bertz CT molecular complexity index is 1090. The molecule has 0 N–H and O–H groups in total. The molecular formula is C25H26ClN3O2. The van der Waals surface area contributed by atoms with Crippen LogP contribution in [-0.2, 0) is 13.0 Å². The Hall–Kier alpha value is -2.89. The van der Waals surface area contributed by atoms with Crippen molar-refractivity contribution < 1.29 is 4.79 Å². The molecule has 1 aliphatic rings. The van der Waals surface area contributed by atoms with Gasteiger partial charge in [-0.2, -0.15) is 0 Å². The largest absolute Gasteiger partial charge is 0.336 e. The third kappa shape index (κ3) is 5.43. The molecule has 0 bridgehead atoms. The normalized spacial score (nSPS) is 14.5. The minimum atomic E-state index is -0.151. The summed E-state index contributed by atoms with van der Waals surface area (Å²) in [6, 6.07) is 21.0. The molecule has 1 amide bonds. The zero-order chi connectivity index (χ0) is 21.6. The summed E-state index contributed by atoms with van der Waals surface area (Å²) in [7, 11) is 0. The van der Waals surface area contributed by atoms with E-state index in [0.717, 1.165) is 31.6 Å². The van der Waals surface area contributed by atoms with Crippen molar-refractivity contribution in [1.82, 2.24) is 14.4 Å². The van der Waals surface area contributed by atoms with Gasteiger partial charge in [0, 0.05) is 50.0 Å². The number of hydrogen-bond donors (Lipinski definition) is 0. The first-order valence-corrected chi connectivity index (χ1v) is 11.0. The minimum Gasteiger partial charge on any atom is -0.336 e. The topological polar surface area (TPSA) is 45.6 Å². The van der Waals surface area contributed by atoms with E-state index in [-0.39, 0.29) is 11.5 Å². The van der Waals surface area contributed by atoms with Gasteiger partial charge in [-0.1, -0.05) is 60.1 Å². The highest BCUT2D eigenvalue weighted by Gasteiger charge is 2.22. The van der Waals surface area contributed by atoms with Crippen molar-refractivity contribution in [3.8, 4) is 0 Å². The molecular weight excluding hydrogens is 410 g/mol. The van der Waals surface area contributed by atoms with E-state index in [0.29, 0.717) is 30.2 Å². The van der Waals surface area contributed by atoms with Crippen molar-refractivity contribution in [2.24, 2.45) is 0 Å². The number of benzene rings is 2. The van der Waals surface area contributed by atoms with Crippen LogP contribution >= 0.6 is 11.6 Å². The van der Waals surface area contributed by atoms with Crippen LogP contribution < -0.4 is 5.56 Å². The van der Waals surface area contributed by atoms with Crippen LogP contribution in [0.4, 0.5) is 0 Å². The molecule has 0 saturated carbocycles. The molecule has 1 aliphatic heterocycles. The molecule has 0 unspecified atom stereocenters. The van der Waals surface area contributed by atoms with E-state index in [1.165, 1.54) is 11.6 Å². The smallest absolute Gasteiger partial charge is 0.255 e. The third-order valence-electron chi connectivity index (χ3n) is 5.75. The van der Waals surface area contributed by atoms with Crippen molar-refractivity contribution in [3.63, 3.8) is 0 Å². The minimum absolute atomic E-state index is 0.0318. The van der Waals surface area contributed by atoms with E-state index >= 15 is 0 Å². The number of carbonyl (C=O) groups excluding carboxylic acids is 1. The van der Waals surface area contributed by atoms with Gasteiger partial charge in [-0.05, 0) is 29.7 Å². The van der Waals surface area contributed by atoms with Crippen LogP contribution in [0.25, 0.3) is 0 Å². The predicted octanol–water partition coefficient (Wildman–Crippen LogP) is 3.55. The fraction of sp³-hybridized carbons (Fsp3) is 0.280. The molecule has 2 aromatic carbocycles.